The van der Waals surface area contributed by atoms with E-state index in [9.17, 15) is 0 Å². The van der Waals surface area contributed by atoms with Crippen molar-refractivity contribution in [3.8, 4) is 0 Å². The minimum Gasteiger partial charge on any atom is -0.305 e. The van der Waals surface area contributed by atoms with Crippen LogP contribution in [-0.4, -0.2) is 21.5 Å². The zero-order valence-electron chi connectivity index (χ0n) is 11.7. The second-order valence-corrected chi connectivity index (χ2v) is 4.70. The van der Waals surface area contributed by atoms with E-state index >= 15 is 0 Å². The molecule has 1 atom stereocenters. The minimum absolute atomic E-state index is 0.0566. The predicted octanol–water partition coefficient (Wildman–Crippen LogP) is 2.58. The van der Waals surface area contributed by atoms with Gasteiger partial charge in [0.25, 0.3) is 0 Å². The quantitative estimate of drug-likeness (QED) is 0.893. The fraction of sp³-hybridized carbons (Fsp3) is 0.400. The number of hydrogen-bond donors (Lipinski definition) is 1. The van der Waals surface area contributed by atoms with Gasteiger partial charge in [-0.3, -0.25) is 15.0 Å². The smallest absolute Gasteiger partial charge is 0.0802 e. The summed E-state index contributed by atoms with van der Waals surface area (Å²) in [7, 11) is 0. The number of pyridine rings is 1. The molecule has 0 aliphatic heterocycles. The molecule has 4 heteroatoms. The van der Waals surface area contributed by atoms with Gasteiger partial charge in [0.1, 0.15) is 0 Å². The first-order valence-electron chi connectivity index (χ1n) is 6.65. The van der Waals surface area contributed by atoms with Crippen molar-refractivity contribution >= 4 is 0 Å². The Morgan fingerprint density at radius 1 is 1.00 bits per heavy atom. The standard InChI is InChI=1S/C15H20N4/c1-4-7-16-15(13-6-5-11(2)17-9-13)14-10-18-12(3)8-19-14/h5-6,8-10,15-16H,4,7H2,1-3H3. The van der Waals surface area contributed by atoms with Gasteiger partial charge in [0.15, 0.2) is 0 Å². The van der Waals surface area contributed by atoms with Crippen LogP contribution in [0.4, 0.5) is 0 Å². The highest BCUT2D eigenvalue weighted by atomic mass is 15.0. The maximum atomic E-state index is 4.48. The molecular formula is C15H20N4. The topological polar surface area (TPSA) is 50.7 Å². The largest absolute Gasteiger partial charge is 0.305 e. The van der Waals surface area contributed by atoms with E-state index < -0.39 is 0 Å². The molecule has 2 aromatic rings. The van der Waals surface area contributed by atoms with Crippen molar-refractivity contribution in [1.29, 1.82) is 0 Å². The molecule has 0 saturated heterocycles. The van der Waals surface area contributed by atoms with E-state index in [-0.39, 0.29) is 6.04 Å². The molecule has 1 unspecified atom stereocenters. The second kappa shape index (κ2) is 6.38. The molecule has 0 bridgehead atoms. The maximum absolute atomic E-state index is 4.48. The van der Waals surface area contributed by atoms with Crippen LogP contribution >= 0.6 is 0 Å². The van der Waals surface area contributed by atoms with Crippen LogP contribution in [0.2, 0.25) is 0 Å². The van der Waals surface area contributed by atoms with Crippen LogP contribution in [0.3, 0.4) is 0 Å². The zero-order chi connectivity index (χ0) is 13.7. The lowest BCUT2D eigenvalue weighted by atomic mass is 10.1. The van der Waals surface area contributed by atoms with E-state index in [0.717, 1.165) is 35.6 Å². The minimum atomic E-state index is 0.0566. The summed E-state index contributed by atoms with van der Waals surface area (Å²) in [6, 6.07) is 4.18. The Morgan fingerprint density at radius 3 is 2.37 bits per heavy atom. The van der Waals surface area contributed by atoms with Crippen molar-refractivity contribution in [1.82, 2.24) is 20.3 Å². The molecule has 0 aromatic carbocycles. The highest BCUT2D eigenvalue weighted by Gasteiger charge is 2.15. The molecule has 2 aromatic heterocycles. The Bertz CT molecular complexity index is 459. The third kappa shape index (κ3) is 3.58. The van der Waals surface area contributed by atoms with E-state index in [4.69, 9.17) is 0 Å². The van der Waals surface area contributed by atoms with Crippen molar-refractivity contribution in [2.45, 2.75) is 33.2 Å². The lowest BCUT2D eigenvalue weighted by Crippen LogP contribution is -2.24. The fourth-order valence-electron chi connectivity index (χ4n) is 1.88. The fourth-order valence-corrected chi connectivity index (χ4v) is 1.88. The summed E-state index contributed by atoms with van der Waals surface area (Å²) in [5.41, 5.74) is 4.01. The van der Waals surface area contributed by atoms with E-state index in [0.29, 0.717) is 0 Å². The SMILES string of the molecule is CCCNC(c1ccc(C)nc1)c1cnc(C)cn1. The third-order valence-electron chi connectivity index (χ3n) is 2.96. The molecule has 0 aliphatic rings. The molecule has 2 rings (SSSR count). The van der Waals surface area contributed by atoms with Gasteiger partial charge in [0, 0.05) is 18.1 Å². The average Bonchev–Trinajstić information content (AvgIpc) is 2.43. The highest BCUT2D eigenvalue weighted by Crippen LogP contribution is 2.19. The van der Waals surface area contributed by atoms with Gasteiger partial charge in [-0.05, 0) is 38.4 Å². The Morgan fingerprint density at radius 2 is 1.79 bits per heavy atom. The lowest BCUT2D eigenvalue weighted by molar-refractivity contribution is 0.582. The Hall–Kier alpha value is -1.81. The molecule has 100 valence electrons. The van der Waals surface area contributed by atoms with Crippen LogP contribution in [0, 0.1) is 13.8 Å². The molecule has 1 N–H and O–H groups in total. The van der Waals surface area contributed by atoms with Crippen molar-refractivity contribution < 1.29 is 0 Å². The molecular weight excluding hydrogens is 236 g/mol. The molecule has 0 fully saturated rings. The van der Waals surface area contributed by atoms with Gasteiger partial charge >= 0.3 is 0 Å². The van der Waals surface area contributed by atoms with Gasteiger partial charge < -0.3 is 5.32 Å². The average molecular weight is 256 g/mol. The van der Waals surface area contributed by atoms with Gasteiger partial charge in [-0.1, -0.05) is 13.0 Å². The summed E-state index contributed by atoms with van der Waals surface area (Å²) >= 11 is 0. The van der Waals surface area contributed by atoms with E-state index in [2.05, 4.69) is 33.3 Å². The number of nitrogens with one attached hydrogen (secondary N) is 1. The first-order chi connectivity index (χ1) is 9.20. The molecule has 2 heterocycles. The van der Waals surface area contributed by atoms with Crippen molar-refractivity contribution in [3.05, 3.63) is 53.4 Å². The molecule has 4 nitrogen and oxygen atoms in total. The van der Waals surface area contributed by atoms with Crippen LogP contribution in [0.25, 0.3) is 0 Å². The molecule has 0 radical (unpaired) electrons. The van der Waals surface area contributed by atoms with E-state index in [1.165, 1.54) is 0 Å². The molecule has 0 spiro atoms. The van der Waals surface area contributed by atoms with Crippen molar-refractivity contribution in [3.63, 3.8) is 0 Å². The van der Waals surface area contributed by atoms with Crippen molar-refractivity contribution in [2.24, 2.45) is 0 Å². The molecule has 19 heavy (non-hydrogen) atoms. The first-order valence-corrected chi connectivity index (χ1v) is 6.65. The Balaban J connectivity index is 2.29. The van der Waals surface area contributed by atoms with Gasteiger partial charge in [-0.15, -0.1) is 0 Å². The Kier molecular flexibility index (Phi) is 4.58. The highest BCUT2D eigenvalue weighted by molar-refractivity contribution is 5.25. The van der Waals surface area contributed by atoms with E-state index in [1.54, 1.807) is 6.20 Å². The first kappa shape index (κ1) is 13.6. The summed E-state index contributed by atoms with van der Waals surface area (Å²) in [6.07, 6.45) is 6.62. The van der Waals surface area contributed by atoms with Gasteiger partial charge in [0.2, 0.25) is 0 Å². The predicted molar refractivity (Wildman–Crippen MR) is 75.9 cm³/mol. The Labute approximate surface area is 114 Å². The van der Waals surface area contributed by atoms with Gasteiger partial charge in [-0.25, -0.2) is 0 Å². The number of aromatic nitrogens is 3. The zero-order valence-corrected chi connectivity index (χ0v) is 11.7. The normalized spacial score (nSPS) is 12.4. The summed E-state index contributed by atoms with van der Waals surface area (Å²) < 4.78 is 0. The molecule has 0 saturated carbocycles. The monoisotopic (exact) mass is 256 g/mol. The molecule has 0 amide bonds. The van der Waals surface area contributed by atoms with Crippen LogP contribution in [-0.2, 0) is 0 Å². The summed E-state index contributed by atoms with van der Waals surface area (Å²) in [5.74, 6) is 0. The van der Waals surface area contributed by atoms with Gasteiger partial charge in [-0.2, -0.15) is 0 Å². The molecule has 0 aliphatic carbocycles. The summed E-state index contributed by atoms with van der Waals surface area (Å²) in [5, 5.41) is 3.50. The summed E-state index contributed by atoms with van der Waals surface area (Å²) in [6.45, 7) is 7.02. The summed E-state index contributed by atoms with van der Waals surface area (Å²) in [4.78, 5) is 13.2. The van der Waals surface area contributed by atoms with E-state index in [1.807, 2.05) is 32.3 Å². The van der Waals surface area contributed by atoms with Crippen LogP contribution in [0.15, 0.2) is 30.7 Å². The maximum Gasteiger partial charge on any atom is 0.0802 e. The van der Waals surface area contributed by atoms with Crippen LogP contribution in [0.5, 0.6) is 0 Å². The lowest BCUT2D eigenvalue weighted by Gasteiger charge is -2.18. The third-order valence-corrected chi connectivity index (χ3v) is 2.96. The van der Waals surface area contributed by atoms with Crippen molar-refractivity contribution in [2.75, 3.05) is 6.54 Å². The number of aryl methyl sites for hydroxylation is 2. The number of rotatable bonds is 5. The van der Waals surface area contributed by atoms with Gasteiger partial charge in [0.05, 0.1) is 23.6 Å². The van der Waals surface area contributed by atoms with Crippen LogP contribution in [0.1, 0.15) is 42.0 Å². The van der Waals surface area contributed by atoms with Crippen LogP contribution < -0.4 is 5.32 Å². The number of nitrogens with zero attached hydrogens (tertiary/aromatic N) is 3. The second-order valence-electron chi connectivity index (χ2n) is 4.70. The number of hydrogen-bond acceptors (Lipinski definition) is 4.